The van der Waals surface area contributed by atoms with Gasteiger partial charge < -0.3 is 20.1 Å². The minimum Gasteiger partial charge on any atom is -0.462 e. The van der Waals surface area contributed by atoms with E-state index in [-0.39, 0.29) is 32.6 Å². The summed E-state index contributed by atoms with van der Waals surface area (Å²) in [6.07, 6.45) is 51.5. The first kappa shape index (κ1) is 51.9. The van der Waals surface area contributed by atoms with Gasteiger partial charge in [-0.15, -0.1) is 0 Å². The first-order valence-corrected chi connectivity index (χ1v) is 22.2. The summed E-state index contributed by atoms with van der Waals surface area (Å²) in [5.74, 6) is -0.908. The number of phosphoric acid groups is 1. The molecule has 312 valence electrons. The van der Waals surface area contributed by atoms with Gasteiger partial charge >= 0.3 is 19.8 Å². The molecule has 0 amide bonds. The molecule has 0 aromatic heterocycles. The highest BCUT2D eigenvalue weighted by atomic mass is 31.2. The third-order valence-corrected chi connectivity index (χ3v) is 8.92. The Balaban J connectivity index is 4.31. The number of ether oxygens (including phenoxy) is 2. The van der Waals surface area contributed by atoms with Crippen LogP contribution in [0, 0.1) is 0 Å². The molecule has 0 aliphatic rings. The Bertz CT molecular complexity index is 1220. The summed E-state index contributed by atoms with van der Waals surface area (Å²) in [6.45, 7) is 3.45. The molecule has 0 saturated carbocycles. The molecule has 9 nitrogen and oxygen atoms in total. The Morgan fingerprint density at radius 2 is 1.00 bits per heavy atom. The maximum atomic E-state index is 12.6. The number of hydrogen-bond acceptors (Lipinski definition) is 8. The molecule has 0 aliphatic heterocycles. The number of phosphoric ester groups is 1. The van der Waals surface area contributed by atoms with Crippen molar-refractivity contribution in [2.24, 2.45) is 5.73 Å². The number of nitrogens with two attached hydrogens (primary N) is 1. The number of rotatable bonds is 37. The molecular formula is C45H74NO8P. The number of hydrogen-bond donors (Lipinski definition) is 2. The summed E-state index contributed by atoms with van der Waals surface area (Å²) in [5.41, 5.74) is 5.34. The molecule has 2 atom stereocenters. The number of unbranched alkanes of at least 4 members (excludes halogenated alkanes) is 8. The molecule has 0 aliphatic carbocycles. The van der Waals surface area contributed by atoms with Crippen LogP contribution in [0.15, 0.2) is 97.2 Å². The number of carbonyl (C=O) groups is 2. The van der Waals surface area contributed by atoms with Gasteiger partial charge in [-0.2, -0.15) is 0 Å². The van der Waals surface area contributed by atoms with Gasteiger partial charge in [-0.1, -0.05) is 137 Å². The number of esters is 2. The van der Waals surface area contributed by atoms with Crippen LogP contribution in [0.4, 0.5) is 0 Å². The predicted octanol–water partition coefficient (Wildman–Crippen LogP) is 11.8. The lowest BCUT2D eigenvalue weighted by Gasteiger charge is -2.19. The predicted molar refractivity (Wildman–Crippen MR) is 228 cm³/mol. The smallest absolute Gasteiger partial charge is 0.462 e. The van der Waals surface area contributed by atoms with E-state index in [4.69, 9.17) is 24.3 Å². The van der Waals surface area contributed by atoms with Crippen molar-refractivity contribution in [1.29, 1.82) is 0 Å². The molecule has 0 aromatic rings. The van der Waals surface area contributed by atoms with Crippen LogP contribution in [0.3, 0.4) is 0 Å². The second-order valence-corrected chi connectivity index (χ2v) is 14.6. The fourth-order valence-electron chi connectivity index (χ4n) is 4.91. The van der Waals surface area contributed by atoms with Gasteiger partial charge in [0.2, 0.25) is 0 Å². The highest BCUT2D eigenvalue weighted by Gasteiger charge is 2.25. The van der Waals surface area contributed by atoms with Crippen molar-refractivity contribution in [2.45, 2.75) is 148 Å². The van der Waals surface area contributed by atoms with Crippen molar-refractivity contribution in [3.63, 3.8) is 0 Å². The fourth-order valence-corrected chi connectivity index (χ4v) is 5.67. The minimum absolute atomic E-state index is 0.0383. The Labute approximate surface area is 334 Å². The lowest BCUT2D eigenvalue weighted by atomic mass is 10.1. The van der Waals surface area contributed by atoms with E-state index in [2.05, 4.69) is 111 Å². The molecular weight excluding hydrogens is 713 g/mol. The van der Waals surface area contributed by atoms with Crippen LogP contribution < -0.4 is 5.73 Å². The maximum absolute atomic E-state index is 12.6. The summed E-state index contributed by atoms with van der Waals surface area (Å²) < 4.78 is 32.7. The maximum Gasteiger partial charge on any atom is 0.472 e. The van der Waals surface area contributed by atoms with Crippen LogP contribution in [-0.2, 0) is 32.7 Å². The van der Waals surface area contributed by atoms with E-state index in [0.29, 0.717) is 12.8 Å². The van der Waals surface area contributed by atoms with Gasteiger partial charge in [0.1, 0.15) is 6.61 Å². The third-order valence-electron chi connectivity index (χ3n) is 7.93. The monoisotopic (exact) mass is 788 g/mol. The molecule has 0 radical (unpaired) electrons. The molecule has 10 heteroatoms. The summed E-state index contributed by atoms with van der Waals surface area (Å²) in [5, 5.41) is 0. The SMILES string of the molecule is CC/C=C\C/C=C\C/C=C\C/C=C\C/C=C\C/C=C\CCCCC(=O)OC(COC(=O)CCCCCCC/C=C\C/C=C\CCC)COP(=O)(O)OCCN. The number of carbonyl (C=O) groups excluding carboxylic acids is 2. The van der Waals surface area contributed by atoms with Crippen LogP contribution in [0.1, 0.15) is 142 Å². The van der Waals surface area contributed by atoms with Gasteiger partial charge in [0.15, 0.2) is 6.10 Å². The summed E-state index contributed by atoms with van der Waals surface area (Å²) in [4.78, 5) is 34.8. The molecule has 0 aromatic carbocycles. The van der Waals surface area contributed by atoms with Crippen LogP contribution in [0.2, 0.25) is 0 Å². The lowest BCUT2D eigenvalue weighted by molar-refractivity contribution is -0.161. The lowest BCUT2D eigenvalue weighted by Crippen LogP contribution is -2.29. The Morgan fingerprint density at radius 1 is 0.564 bits per heavy atom. The zero-order valence-electron chi connectivity index (χ0n) is 34.1. The first-order valence-electron chi connectivity index (χ1n) is 20.7. The average Bonchev–Trinajstić information content (AvgIpc) is 3.17. The van der Waals surface area contributed by atoms with Crippen LogP contribution in [0.5, 0.6) is 0 Å². The molecule has 0 rings (SSSR count). The summed E-state index contributed by atoms with van der Waals surface area (Å²) in [7, 11) is -4.40. The van der Waals surface area contributed by atoms with Crippen molar-refractivity contribution in [1.82, 2.24) is 0 Å². The fraction of sp³-hybridized carbons (Fsp3) is 0.600. The Morgan fingerprint density at radius 3 is 1.53 bits per heavy atom. The Hall–Kier alpha value is -3.07. The van der Waals surface area contributed by atoms with Crippen molar-refractivity contribution in [3.05, 3.63) is 97.2 Å². The van der Waals surface area contributed by atoms with Crippen LogP contribution >= 0.6 is 7.82 Å². The second kappa shape index (κ2) is 40.6. The highest BCUT2D eigenvalue weighted by molar-refractivity contribution is 7.47. The van der Waals surface area contributed by atoms with E-state index >= 15 is 0 Å². The molecule has 0 saturated heterocycles. The van der Waals surface area contributed by atoms with E-state index in [1.807, 2.05) is 0 Å². The van der Waals surface area contributed by atoms with E-state index in [9.17, 15) is 19.0 Å². The molecule has 2 unspecified atom stereocenters. The van der Waals surface area contributed by atoms with Gasteiger partial charge in [-0.25, -0.2) is 4.57 Å². The largest absolute Gasteiger partial charge is 0.472 e. The molecule has 0 spiro atoms. The van der Waals surface area contributed by atoms with Crippen molar-refractivity contribution >= 4 is 19.8 Å². The normalized spacial score (nSPS) is 14.3. The molecule has 55 heavy (non-hydrogen) atoms. The quantitative estimate of drug-likeness (QED) is 0.0273. The standard InChI is InChI=1S/C45H74NO8P/c1-3-5-7-9-11-13-15-17-18-19-20-21-22-23-24-26-28-30-32-34-36-38-45(48)54-43(42-53-55(49,50)52-40-39-46)41-51-44(47)37-35-33-31-29-27-25-16-14-12-10-8-6-4-2/h5,7-8,10-11,13-14,16-18,20-21,23-24,28,30,43H,3-4,6,9,12,15,19,22,25-27,29,31-42,46H2,1-2H3,(H,49,50)/b7-5-,10-8-,13-11-,16-14-,18-17-,21-20-,24-23-,30-28-. The van der Waals surface area contributed by atoms with E-state index < -0.39 is 32.5 Å². The van der Waals surface area contributed by atoms with Gasteiger partial charge in [0, 0.05) is 19.4 Å². The first-order chi connectivity index (χ1) is 26.8. The van der Waals surface area contributed by atoms with E-state index in [1.54, 1.807) is 0 Å². The number of allylic oxidation sites excluding steroid dienone is 16. The van der Waals surface area contributed by atoms with Crippen LogP contribution in [-0.4, -0.2) is 49.3 Å². The Kier molecular flexibility index (Phi) is 38.3. The molecule has 3 N–H and O–H groups in total. The molecule has 0 bridgehead atoms. The molecule has 0 heterocycles. The molecule has 0 fully saturated rings. The average molecular weight is 788 g/mol. The zero-order valence-corrected chi connectivity index (χ0v) is 35.0. The van der Waals surface area contributed by atoms with E-state index in [0.717, 1.165) is 96.3 Å². The van der Waals surface area contributed by atoms with Gasteiger partial charge in [0.05, 0.1) is 13.2 Å². The van der Waals surface area contributed by atoms with Gasteiger partial charge in [-0.05, 0) is 89.9 Å². The van der Waals surface area contributed by atoms with E-state index in [1.165, 1.54) is 6.42 Å². The summed E-state index contributed by atoms with van der Waals surface area (Å²) in [6, 6.07) is 0. The van der Waals surface area contributed by atoms with Crippen LogP contribution in [0.25, 0.3) is 0 Å². The van der Waals surface area contributed by atoms with Crippen molar-refractivity contribution < 1.29 is 37.6 Å². The minimum atomic E-state index is -4.40. The topological polar surface area (TPSA) is 134 Å². The highest BCUT2D eigenvalue weighted by Crippen LogP contribution is 2.43. The van der Waals surface area contributed by atoms with Crippen molar-refractivity contribution in [2.75, 3.05) is 26.4 Å². The second-order valence-electron chi connectivity index (χ2n) is 13.1. The zero-order chi connectivity index (χ0) is 40.3. The summed E-state index contributed by atoms with van der Waals surface area (Å²) >= 11 is 0. The third kappa shape index (κ3) is 40.4. The van der Waals surface area contributed by atoms with Gasteiger partial charge in [0.25, 0.3) is 0 Å². The van der Waals surface area contributed by atoms with Gasteiger partial charge in [-0.3, -0.25) is 18.6 Å². The van der Waals surface area contributed by atoms with Crippen molar-refractivity contribution in [3.8, 4) is 0 Å².